The number of hydrogen-bond acceptors (Lipinski definition) is 4. The van der Waals surface area contributed by atoms with Gasteiger partial charge in [0, 0.05) is 13.6 Å². The number of piperidine rings is 1. The van der Waals surface area contributed by atoms with Crippen LogP contribution in [-0.4, -0.2) is 62.7 Å². The van der Waals surface area contributed by atoms with Gasteiger partial charge in [-0.05, 0) is 44.2 Å². The van der Waals surface area contributed by atoms with E-state index in [1.54, 1.807) is 7.05 Å². The summed E-state index contributed by atoms with van der Waals surface area (Å²) in [7, 11) is 1.63. The lowest BCUT2D eigenvalue weighted by Crippen LogP contribution is -2.47. The lowest BCUT2D eigenvalue weighted by Gasteiger charge is -2.43. The van der Waals surface area contributed by atoms with E-state index in [9.17, 15) is 18.0 Å². The van der Waals surface area contributed by atoms with Gasteiger partial charge in [0.25, 0.3) is 0 Å². The molecule has 0 aromatic rings. The molecule has 2 heterocycles. The first kappa shape index (κ1) is 20.5. The summed E-state index contributed by atoms with van der Waals surface area (Å²) in [4.78, 5) is 20.0. The second-order valence-electron chi connectivity index (χ2n) is 5.98. The van der Waals surface area contributed by atoms with Crippen molar-refractivity contribution in [3.8, 4) is 0 Å². The average molecular weight is 355 g/mol. The molecule has 0 aliphatic carbocycles. The maximum absolute atomic E-state index is 11.1. The summed E-state index contributed by atoms with van der Waals surface area (Å²) in [5, 5.41) is 15.9. The summed E-state index contributed by atoms with van der Waals surface area (Å²) in [5.41, 5.74) is 0.411. The number of ether oxygens (including phenoxy) is 1. The number of hydrogen-bond donors (Lipinski definition) is 4. The third-order valence-electron chi connectivity index (χ3n) is 4.25. The van der Waals surface area contributed by atoms with Crippen LogP contribution in [0.1, 0.15) is 25.7 Å². The number of carbonyl (C=O) groups is 2. The zero-order chi connectivity index (χ0) is 18.2. The van der Waals surface area contributed by atoms with Crippen molar-refractivity contribution in [2.75, 3.05) is 33.3 Å². The lowest BCUT2D eigenvalue weighted by molar-refractivity contribution is -0.192. The molecular formula is C14H24F3N3O4. The van der Waals surface area contributed by atoms with Crippen LogP contribution in [0.15, 0.2) is 0 Å². The Kier molecular flexibility index (Phi) is 7.74. The predicted octanol–water partition coefficient (Wildman–Crippen LogP) is 1.10. The zero-order valence-corrected chi connectivity index (χ0v) is 13.5. The quantitative estimate of drug-likeness (QED) is 0.594. The summed E-state index contributed by atoms with van der Waals surface area (Å²) in [5.74, 6) is -2.76. The number of aliphatic carboxylic acids is 1. The van der Waals surface area contributed by atoms with E-state index in [0.717, 1.165) is 26.1 Å². The number of amides is 2. The van der Waals surface area contributed by atoms with Crippen LogP contribution in [-0.2, 0) is 9.53 Å². The Bertz CT molecular complexity index is 416. The fourth-order valence-corrected chi connectivity index (χ4v) is 2.72. The van der Waals surface area contributed by atoms with E-state index < -0.39 is 12.1 Å². The van der Waals surface area contributed by atoms with Gasteiger partial charge < -0.3 is 25.8 Å². The maximum atomic E-state index is 11.1. The van der Waals surface area contributed by atoms with Gasteiger partial charge >= 0.3 is 18.2 Å². The SMILES string of the molecule is CNC(=O)NCC1CCC2(CCNCC2)CO1.O=C(O)C(F)(F)F. The molecule has 24 heavy (non-hydrogen) atoms. The number of urea groups is 1. The molecule has 2 aliphatic rings. The number of carboxylic acid groups (broad SMARTS) is 1. The highest BCUT2D eigenvalue weighted by Gasteiger charge is 2.38. The van der Waals surface area contributed by atoms with E-state index in [0.29, 0.717) is 12.0 Å². The Morgan fingerprint density at radius 3 is 2.29 bits per heavy atom. The number of carbonyl (C=O) groups excluding carboxylic acids is 1. The van der Waals surface area contributed by atoms with Crippen molar-refractivity contribution in [1.29, 1.82) is 0 Å². The van der Waals surface area contributed by atoms with Crippen molar-refractivity contribution < 1.29 is 32.6 Å². The van der Waals surface area contributed by atoms with Gasteiger partial charge in [-0.2, -0.15) is 13.2 Å². The van der Waals surface area contributed by atoms with Crippen molar-refractivity contribution in [3.05, 3.63) is 0 Å². The standard InChI is InChI=1S/C12H23N3O2.C2HF3O2/c1-13-11(16)15-8-10-2-3-12(9-17-10)4-6-14-7-5-12;3-2(4,5)1(6)7/h10,14H,2-9H2,1H3,(H2,13,15,16);(H,6,7). The van der Waals surface area contributed by atoms with E-state index in [1.165, 1.54) is 19.3 Å². The zero-order valence-electron chi connectivity index (χ0n) is 13.5. The number of carboxylic acids is 1. The smallest absolute Gasteiger partial charge is 0.475 e. The van der Waals surface area contributed by atoms with Crippen LogP contribution in [0.2, 0.25) is 0 Å². The van der Waals surface area contributed by atoms with Crippen molar-refractivity contribution in [2.45, 2.75) is 38.0 Å². The molecule has 0 aromatic heterocycles. The number of nitrogens with one attached hydrogen (secondary N) is 3. The molecule has 7 nitrogen and oxygen atoms in total. The Hall–Kier alpha value is -1.55. The molecule has 1 atom stereocenters. The minimum Gasteiger partial charge on any atom is -0.475 e. The van der Waals surface area contributed by atoms with E-state index in [2.05, 4.69) is 16.0 Å². The fraction of sp³-hybridized carbons (Fsp3) is 0.857. The minimum atomic E-state index is -5.08. The minimum absolute atomic E-state index is 0.129. The topological polar surface area (TPSA) is 99.7 Å². The van der Waals surface area contributed by atoms with Crippen LogP contribution < -0.4 is 16.0 Å². The molecule has 2 saturated heterocycles. The van der Waals surface area contributed by atoms with Gasteiger partial charge in [0.1, 0.15) is 0 Å². The van der Waals surface area contributed by atoms with Crippen molar-refractivity contribution in [3.63, 3.8) is 0 Å². The molecule has 2 amide bonds. The molecule has 1 unspecified atom stereocenters. The molecular weight excluding hydrogens is 331 g/mol. The third kappa shape index (κ3) is 6.91. The second-order valence-corrected chi connectivity index (χ2v) is 5.98. The number of alkyl halides is 3. The van der Waals surface area contributed by atoms with Crippen molar-refractivity contribution in [2.24, 2.45) is 5.41 Å². The van der Waals surface area contributed by atoms with Crippen LogP contribution in [0.25, 0.3) is 0 Å². The van der Waals surface area contributed by atoms with E-state index in [1.807, 2.05) is 0 Å². The Morgan fingerprint density at radius 1 is 1.29 bits per heavy atom. The molecule has 0 saturated carbocycles. The third-order valence-corrected chi connectivity index (χ3v) is 4.25. The fourth-order valence-electron chi connectivity index (χ4n) is 2.72. The highest BCUT2D eigenvalue weighted by molar-refractivity contribution is 5.73. The van der Waals surface area contributed by atoms with Crippen LogP contribution in [0, 0.1) is 5.41 Å². The lowest BCUT2D eigenvalue weighted by atomic mass is 9.74. The highest BCUT2D eigenvalue weighted by Crippen LogP contribution is 2.38. The van der Waals surface area contributed by atoms with Gasteiger partial charge in [-0.25, -0.2) is 9.59 Å². The maximum Gasteiger partial charge on any atom is 0.490 e. The second kappa shape index (κ2) is 9.07. The average Bonchev–Trinajstić information content (AvgIpc) is 2.54. The Labute approximate surface area is 138 Å². The summed E-state index contributed by atoms with van der Waals surface area (Å²) < 4.78 is 37.6. The molecule has 0 aromatic carbocycles. The van der Waals surface area contributed by atoms with Gasteiger partial charge in [0.15, 0.2) is 0 Å². The van der Waals surface area contributed by atoms with Gasteiger partial charge in [0.05, 0.1) is 12.7 Å². The predicted molar refractivity (Wildman–Crippen MR) is 79.7 cm³/mol. The molecule has 0 radical (unpaired) electrons. The molecule has 140 valence electrons. The van der Waals surface area contributed by atoms with Crippen molar-refractivity contribution in [1.82, 2.24) is 16.0 Å². The Balaban J connectivity index is 0.000000351. The molecule has 2 aliphatic heterocycles. The summed E-state index contributed by atoms with van der Waals surface area (Å²) in [6, 6.07) is -0.129. The molecule has 2 fully saturated rings. The van der Waals surface area contributed by atoms with Gasteiger partial charge in [-0.1, -0.05) is 0 Å². The summed E-state index contributed by atoms with van der Waals surface area (Å²) >= 11 is 0. The van der Waals surface area contributed by atoms with E-state index in [4.69, 9.17) is 14.6 Å². The number of rotatable bonds is 2. The van der Waals surface area contributed by atoms with E-state index in [-0.39, 0.29) is 12.1 Å². The van der Waals surface area contributed by atoms with Crippen molar-refractivity contribution >= 4 is 12.0 Å². The first-order chi connectivity index (χ1) is 11.2. The van der Waals surface area contributed by atoms with Crippen LogP contribution >= 0.6 is 0 Å². The number of halogens is 3. The molecule has 4 N–H and O–H groups in total. The molecule has 2 rings (SSSR count). The van der Waals surface area contributed by atoms with Gasteiger partial charge in [-0.15, -0.1) is 0 Å². The molecule has 10 heteroatoms. The highest BCUT2D eigenvalue weighted by atomic mass is 19.4. The first-order valence-corrected chi connectivity index (χ1v) is 7.76. The van der Waals surface area contributed by atoms with E-state index >= 15 is 0 Å². The van der Waals surface area contributed by atoms with Crippen LogP contribution in [0.4, 0.5) is 18.0 Å². The Morgan fingerprint density at radius 2 is 1.88 bits per heavy atom. The molecule has 1 spiro atoms. The summed E-state index contributed by atoms with van der Waals surface area (Å²) in [6.07, 6.45) is -0.156. The van der Waals surface area contributed by atoms with Gasteiger partial charge in [0.2, 0.25) is 0 Å². The van der Waals surface area contributed by atoms with Gasteiger partial charge in [-0.3, -0.25) is 0 Å². The normalized spacial score (nSPS) is 22.9. The largest absolute Gasteiger partial charge is 0.490 e. The summed E-state index contributed by atoms with van der Waals surface area (Å²) in [6.45, 7) is 3.71. The first-order valence-electron chi connectivity index (χ1n) is 7.76. The molecule has 0 bridgehead atoms. The van der Waals surface area contributed by atoms with Crippen LogP contribution in [0.5, 0.6) is 0 Å². The monoisotopic (exact) mass is 355 g/mol. The van der Waals surface area contributed by atoms with Crippen LogP contribution in [0.3, 0.4) is 0 Å².